The summed E-state index contributed by atoms with van der Waals surface area (Å²) in [5.41, 5.74) is 14.9. The van der Waals surface area contributed by atoms with E-state index < -0.39 is 0 Å². The third kappa shape index (κ3) is 7.17. The molecular formula is C66H43N3S2. The fourth-order valence-electron chi connectivity index (χ4n) is 10.6. The monoisotopic (exact) mass is 941 g/mol. The summed E-state index contributed by atoms with van der Waals surface area (Å²) in [7, 11) is 0. The van der Waals surface area contributed by atoms with Crippen LogP contribution in [-0.4, -0.2) is 4.57 Å². The van der Waals surface area contributed by atoms with Crippen LogP contribution in [0.1, 0.15) is 0 Å². The molecule has 3 heterocycles. The standard InChI is InChI=1S/C66H43N3S2/c1-4-15-44(16-5-1)45-27-31-50(32-28-45)68(52-22-14-21-51(41-52)67(48-17-6-2-7-18-48)53-33-37-65-59(42-53)57-24-11-13-26-63(57)70-65)54-34-38-66-60(43-54)58-39-46(30-36-64(58)71-66)47-29-35-56-55-23-10-12-25-61(55)69(62(56)40-47)49-19-8-3-9-20-49/h1-43H. The van der Waals surface area contributed by atoms with Gasteiger partial charge in [0, 0.05) is 90.9 Å². The van der Waals surface area contributed by atoms with Crippen molar-refractivity contribution in [1.82, 2.24) is 4.57 Å². The van der Waals surface area contributed by atoms with Crippen LogP contribution in [0.2, 0.25) is 0 Å². The van der Waals surface area contributed by atoms with Gasteiger partial charge in [-0.1, -0.05) is 140 Å². The Morgan fingerprint density at radius 2 is 0.676 bits per heavy atom. The molecule has 0 bridgehead atoms. The molecule has 14 rings (SSSR count). The summed E-state index contributed by atoms with van der Waals surface area (Å²) in [4.78, 5) is 4.81. The van der Waals surface area contributed by atoms with E-state index >= 15 is 0 Å². The molecule has 0 radical (unpaired) electrons. The maximum absolute atomic E-state index is 2.42. The molecule has 0 aliphatic heterocycles. The van der Waals surface area contributed by atoms with Crippen molar-refractivity contribution in [3.63, 3.8) is 0 Å². The molecule has 0 N–H and O–H groups in total. The molecule has 11 aromatic carbocycles. The summed E-state index contributed by atoms with van der Waals surface area (Å²) < 4.78 is 7.53. The first-order chi connectivity index (χ1) is 35.2. The van der Waals surface area contributed by atoms with Crippen molar-refractivity contribution in [2.45, 2.75) is 0 Å². The smallest absolute Gasteiger partial charge is 0.0547 e. The van der Waals surface area contributed by atoms with Crippen molar-refractivity contribution in [1.29, 1.82) is 0 Å². The average molecular weight is 942 g/mol. The number of rotatable bonds is 9. The first kappa shape index (κ1) is 41.3. The SMILES string of the molecule is c1ccc(-c2ccc(N(c3cccc(N(c4ccccc4)c4ccc5sc6ccccc6c5c4)c3)c3ccc4sc5ccc(-c6ccc7c8ccccc8n(-c8ccccc8)c7c6)cc5c4c3)cc2)cc1. The molecule has 3 nitrogen and oxygen atoms in total. The van der Waals surface area contributed by atoms with Crippen LogP contribution in [0.5, 0.6) is 0 Å². The summed E-state index contributed by atoms with van der Waals surface area (Å²) in [6.07, 6.45) is 0. The van der Waals surface area contributed by atoms with Crippen LogP contribution in [0, 0.1) is 0 Å². The van der Waals surface area contributed by atoms with E-state index in [1.807, 2.05) is 22.7 Å². The molecule has 0 atom stereocenters. The van der Waals surface area contributed by atoms with Gasteiger partial charge in [0.05, 0.1) is 11.0 Å². The molecule has 334 valence electrons. The van der Waals surface area contributed by atoms with E-state index in [9.17, 15) is 0 Å². The molecule has 14 aromatic rings. The van der Waals surface area contributed by atoms with Gasteiger partial charge in [0.15, 0.2) is 0 Å². The van der Waals surface area contributed by atoms with Crippen LogP contribution >= 0.6 is 22.7 Å². The largest absolute Gasteiger partial charge is 0.310 e. The number of thiophene rings is 2. The molecule has 0 amide bonds. The highest BCUT2D eigenvalue weighted by atomic mass is 32.1. The number of benzene rings is 11. The highest BCUT2D eigenvalue weighted by molar-refractivity contribution is 7.26. The second kappa shape index (κ2) is 17.0. The maximum Gasteiger partial charge on any atom is 0.0547 e. The molecule has 0 spiro atoms. The molecule has 0 saturated heterocycles. The average Bonchev–Trinajstić information content (AvgIpc) is 4.11. The summed E-state index contributed by atoms with van der Waals surface area (Å²) in [5, 5.41) is 7.58. The van der Waals surface area contributed by atoms with Gasteiger partial charge in [-0.2, -0.15) is 0 Å². The quantitative estimate of drug-likeness (QED) is 0.143. The van der Waals surface area contributed by atoms with Crippen LogP contribution in [0.25, 0.3) is 90.1 Å². The van der Waals surface area contributed by atoms with Gasteiger partial charge in [-0.3, -0.25) is 0 Å². The maximum atomic E-state index is 2.42. The molecule has 5 heteroatoms. The molecule has 71 heavy (non-hydrogen) atoms. The number of anilines is 6. The van der Waals surface area contributed by atoms with Gasteiger partial charge in [-0.15, -0.1) is 22.7 Å². The topological polar surface area (TPSA) is 11.4 Å². The van der Waals surface area contributed by atoms with Crippen molar-refractivity contribution in [3.8, 4) is 27.9 Å². The van der Waals surface area contributed by atoms with Crippen LogP contribution in [-0.2, 0) is 0 Å². The molecular weight excluding hydrogens is 899 g/mol. The Balaban J connectivity index is 0.914. The number of hydrogen-bond donors (Lipinski definition) is 0. The summed E-state index contributed by atoms with van der Waals surface area (Å²) in [6.45, 7) is 0. The molecule has 0 aliphatic rings. The van der Waals surface area contributed by atoms with Crippen LogP contribution < -0.4 is 9.80 Å². The van der Waals surface area contributed by atoms with Gasteiger partial charge in [-0.05, 0) is 144 Å². The number of hydrogen-bond acceptors (Lipinski definition) is 4. The van der Waals surface area contributed by atoms with Gasteiger partial charge < -0.3 is 14.4 Å². The van der Waals surface area contributed by atoms with E-state index in [0.29, 0.717) is 0 Å². The van der Waals surface area contributed by atoms with Crippen LogP contribution in [0.15, 0.2) is 261 Å². The molecule has 0 saturated carbocycles. The number of para-hydroxylation sites is 3. The molecule has 0 aliphatic carbocycles. The highest BCUT2D eigenvalue weighted by Crippen LogP contribution is 2.46. The summed E-state index contributed by atoms with van der Waals surface area (Å²) >= 11 is 3.71. The fraction of sp³-hybridized carbons (Fsp3) is 0. The second-order valence-electron chi connectivity index (χ2n) is 18.1. The minimum atomic E-state index is 1.07. The van der Waals surface area contributed by atoms with Crippen molar-refractivity contribution >= 4 is 119 Å². The minimum Gasteiger partial charge on any atom is -0.310 e. The number of aromatic nitrogens is 1. The van der Waals surface area contributed by atoms with Gasteiger partial charge >= 0.3 is 0 Å². The first-order valence-corrected chi connectivity index (χ1v) is 25.7. The van der Waals surface area contributed by atoms with E-state index in [2.05, 4.69) is 275 Å². The van der Waals surface area contributed by atoms with Crippen LogP contribution in [0.4, 0.5) is 34.1 Å². The van der Waals surface area contributed by atoms with Crippen molar-refractivity contribution < 1.29 is 0 Å². The lowest BCUT2D eigenvalue weighted by atomic mass is 10.0. The van der Waals surface area contributed by atoms with Gasteiger partial charge in [-0.25, -0.2) is 0 Å². The zero-order chi connectivity index (χ0) is 46.8. The third-order valence-electron chi connectivity index (χ3n) is 13.9. The predicted octanol–water partition coefficient (Wildman–Crippen LogP) is 19.8. The van der Waals surface area contributed by atoms with Gasteiger partial charge in [0.1, 0.15) is 0 Å². The Bertz CT molecular complexity index is 4290. The highest BCUT2D eigenvalue weighted by Gasteiger charge is 2.21. The lowest BCUT2D eigenvalue weighted by Crippen LogP contribution is -2.13. The number of fused-ring (bicyclic) bond motifs is 9. The van der Waals surface area contributed by atoms with E-state index in [0.717, 1.165) is 39.8 Å². The second-order valence-corrected chi connectivity index (χ2v) is 20.3. The Morgan fingerprint density at radius 1 is 0.239 bits per heavy atom. The van der Waals surface area contributed by atoms with Crippen molar-refractivity contribution in [3.05, 3.63) is 261 Å². The normalized spacial score (nSPS) is 11.7. The predicted molar refractivity (Wildman–Crippen MR) is 307 cm³/mol. The van der Waals surface area contributed by atoms with Gasteiger partial charge in [0.2, 0.25) is 0 Å². The van der Waals surface area contributed by atoms with Crippen molar-refractivity contribution in [2.75, 3.05) is 9.80 Å². The zero-order valence-corrected chi connectivity index (χ0v) is 40.1. The lowest BCUT2D eigenvalue weighted by molar-refractivity contribution is 1.18. The van der Waals surface area contributed by atoms with Crippen LogP contribution in [0.3, 0.4) is 0 Å². The first-order valence-electron chi connectivity index (χ1n) is 24.1. The fourth-order valence-corrected chi connectivity index (χ4v) is 12.8. The van der Waals surface area contributed by atoms with E-state index in [1.54, 1.807) is 0 Å². The Kier molecular flexibility index (Phi) is 9.90. The minimum absolute atomic E-state index is 1.07. The molecule has 0 unspecified atom stereocenters. The molecule has 3 aromatic heterocycles. The van der Waals surface area contributed by atoms with E-state index in [4.69, 9.17) is 0 Å². The van der Waals surface area contributed by atoms with E-state index in [-0.39, 0.29) is 0 Å². The Labute approximate surface area is 419 Å². The van der Waals surface area contributed by atoms with Gasteiger partial charge in [0.25, 0.3) is 0 Å². The van der Waals surface area contributed by atoms with E-state index in [1.165, 1.54) is 84.4 Å². The number of nitrogens with zero attached hydrogens (tertiary/aromatic N) is 3. The lowest BCUT2D eigenvalue weighted by Gasteiger charge is -2.29. The third-order valence-corrected chi connectivity index (χ3v) is 16.2. The zero-order valence-electron chi connectivity index (χ0n) is 38.5. The Hall–Kier alpha value is -8.74. The summed E-state index contributed by atoms with van der Waals surface area (Å²) in [5.74, 6) is 0. The Morgan fingerprint density at radius 3 is 1.38 bits per heavy atom. The molecule has 0 fully saturated rings. The van der Waals surface area contributed by atoms with Crippen molar-refractivity contribution in [2.24, 2.45) is 0 Å². The summed E-state index contributed by atoms with van der Waals surface area (Å²) in [6, 6.07) is 95.5.